The van der Waals surface area contributed by atoms with Gasteiger partial charge in [0.15, 0.2) is 5.17 Å². The first-order chi connectivity index (χ1) is 9.31. The lowest BCUT2D eigenvalue weighted by Gasteiger charge is -1.94. The molecule has 0 atom stereocenters. The molecule has 19 heavy (non-hydrogen) atoms. The van der Waals surface area contributed by atoms with Gasteiger partial charge in [0.1, 0.15) is 0 Å². The topological polar surface area (TPSA) is 41.5 Å². The zero-order valence-corrected chi connectivity index (χ0v) is 11.5. The summed E-state index contributed by atoms with van der Waals surface area (Å²) in [6.07, 6.45) is 1.89. The van der Waals surface area contributed by atoms with Crippen LogP contribution in [0.15, 0.2) is 57.7 Å². The van der Waals surface area contributed by atoms with Crippen molar-refractivity contribution >= 4 is 45.9 Å². The number of amides is 1. The summed E-state index contributed by atoms with van der Waals surface area (Å²) in [5.74, 6) is -0.0897. The highest BCUT2D eigenvalue weighted by molar-refractivity contribution is 8.18. The highest BCUT2D eigenvalue weighted by Crippen LogP contribution is 2.28. The van der Waals surface area contributed by atoms with Crippen molar-refractivity contribution in [1.82, 2.24) is 5.32 Å². The van der Waals surface area contributed by atoms with E-state index >= 15 is 0 Å². The van der Waals surface area contributed by atoms with Crippen LogP contribution in [0.3, 0.4) is 0 Å². The summed E-state index contributed by atoms with van der Waals surface area (Å²) in [6.45, 7) is 0. The number of nitrogens with one attached hydrogen (secondary N) is 1. The largest absolute Gasteiger partial charge is 0.300 e. The Labute approximate surface area is 119 Å². The zero-order valence-electron chi connectivity index (χ0n) is 9.87. The summed E-state index contributed by atoms with van der Waals surface area (Å²) in [6, 6.07) is 13.5. The number of thiophene rings is 1. The number of aliphatic imine (C=N–C) groups is 1. The van der Waals surface area contributed by atoms with Crippen molar-refractivity contribution in [1.29, 1.82) is 0 Å². The highest BCUT2D eigenvalue weighted by Gasteiger charge is 2.23. The molecule has 1 amide bonds. The maximum Gasteiger partial charge on any atom is 0.264 e. The van der Waals surface area contributed by atoms with Crippen molar-refractivity contribution < 1.29 is 4.79 Å². The van der Waals surface area contributed by atoms with Gasteiger partial charge >= 0.3 is 0 Å². The number of rotatable bonds is 2. The molecule has 1 N–H and O–H groups in total. The summed E-state index contributed by atoms with van der Waals surface area (Å²) in [5.41, 5.74) is 0.836. The number of amidine groups is 1. The molecule has 1 aromatic heterocycles. The number of benzene rings is 1. The van der Waals surface area contributed by atoms with Crippen LogP contribution in [0.2, 0.25) is 0 Å². The van der Waals surface area contributed by atoms with Crippen molar-refractivity contribution in [3.63, 3.8) is 0 Å². The van der Waals surface area contributed by atoms with Gasteiger partial charge in [-0.3, -0.25) is 4.79 Å². The number of nitrogens with zero attached hydrogens (tertiary/aromatic N) is 1. The van der Waals surface area contributed by atoms with E-state index in [2.05, 4.69) is 10.3 Å². The van der Waals surface area contributed by atoms with E-state index < -0.39 is 0 Å². The summed E-state index contributed by atoms with van der Waals surface area (Å²) in [7, 11) is 0. The first kappa shape index (κ1) is 12.2. The molecule has 1 aliphatic heterocycles. The maximum atomic E-state index is 11.8. The Morgan fingerprint density at radius 2 is 1.95 bits per heavy atom. The van der Waals surface area contributed by atoms with E-state index in [0.29, 0.717) is 10.1 Å². The minimum absolute atomic E-state index is 0.0897. The third-order valence-corrected chi connectivity index (χ3v) is 4.18. The molecule has 0 saturated carbocycles. The standard InChI is InChI=1S/C14H10N2OS2/c17-13-12(9-11-7-4-8-18-11)19-14(16-13)15-10-5-2-1-3-6-10/h1-9H,(H,15,16,17). The monoisotopic (exact) mass is 286 g/mol. The van der Waals surface area contributed by atoms with Crippen molar-refractivity contribution in [3.8, 4) is 0 Å². The summed E-state index contributed by atoms with van der Waals surface area (Å²) in [5, 5.41) is 5.39. The maximum absolute atomic E-state index is 11.8. The lowest BCUT2D eigenvalue weighted by atomic mass is 10.3. The minimum Gasteiger partial charge on any atom is -0.300 e. The number of thioether (sulfide) groups is 1. The molecular weight excluding hydrogens is 276 g/mol. The van der Waals surface area contributed by atoms with E-state index in [1.165, 1.54) is 11.8 Å². The van der Waals surface area contributed by atoms with Gasteiger partial charge in [-0.05, 0) is 41.4 Å². The van der Waals surface area contributed by atoms with Crippen molar-refractivity contribution in [3.05, 3.63) is 57.6 Å². The quantitative estimate of drug-likeness (QED) is 0.856. The van der Waals surface area contributed by atoms with Gasteiger partial charge in [0.25, 0.3) is 5.91 Å². The van der Waals surface area contributed by atoms with Gasteiger partial charge < -0.3 is 5.32 Å². The SMILES string of the molecule is O=C1NC(=Nc2ccccc2)SC1=Cc1cccs1. The van der Waals surface area contributed by atoms with Crippen LogP contribution in [-0.4, -0.2) is 11.1 Å². The second-order valence-electron chi connectivity index (χ2n) is 3.83. The van der Waals surface area contributed by atoms with E-state index in [1.807, 2.05) is 53.9 Å². The van der Waals surface area contributed by atoms with Crippen LogP contribution in [0.5, 0.6) is 0 Å². The Kier molecular flexibility index (Phi) is 3.48. The molecule has 0 aliphatic carbocycles. The molecule has 2 heterocycles. The molecule has 3 nitrogen and oxygen atoms in total. The highest BCUT2D eigenvalue weighted by atomic mass is 32.2. The summed E-state index contributed by atoms with van der Waals surface area (Å²) in [4.78, 5) is 18.0. The van der Waals surface area contributed by atoms with Crippen LogP contribution < -0.4 is 5.32 Å². The Morgan fingerprint density at radius 1 is 1.11 bits per heavy atom. The van der Waals surface area contributed by atoms with Gasteiger partial charge in [-0.2, -0.15) is 0 Å². The molecule has 1 aromatic carbocycles. The summed E-state index contributed by atoms with van der Waals surface area (Å²) < 4.78 is 0. The van der Waals surface area contributed by atoms with Gasteiger partial charge in [0, 0.05) is 4.88 Å². The van der Waals surface area contributed by atoms with Crippen molar-refractivity contribution in [2.24, 2.45) is 4.99 Å². The Bertz CT molecular complexity index is 645. The Balaban J connectivity index is 1.82. The van der Waals surface area contributed by atoms with E-state index in [-0.39, 0.29) is 5.91 Å². The van der Waals surface area contributed by atoms with E-state index in [1.54, 1.807) is 11.3 Å². The van der Waals surface area contributed by atoms with Crippen LogP contribution in [-0.2, 0) is 4.79 Å². The van der Waals surface area contributed by atoms with Gasteiger partial charge in [-0.25, -0.2) is 4.99 Å². The molecule has 0 bridgehead atoms. The molecule has 1 aliphatic rings. The molecular formula is C14H10N2OS2. The fourth-order valence-electron chi connectivity index (χ4n) is 1.60. The third-order valence-electron chi connectivity index (χ3n) is 2.45. The Morgan fingerprint density at radius 3 is 2.68 bits per heavy atom. The van der Waals surface area contributed by atoms with Gasteiger partial charge in [0.05, 0.1) is 10.6 Å². The first-order valence-corrected chi connectivity index (χ1v) is 7.39. The van der Waals surface area contributed by atoms with Gasteiger partial charge in [0.2, 0.25) is 0 Å². The number of carbonyl (C=O) groups excluding carboxylic acids is 1. The first-order valence-electron chi connectivity index (χ1n) is 5.69. The molecule has 1 fully saturated rings. The van der Waals surface area contributed by atoms with E-state index in [0.717, 1.165) is 10.6 Å². The fraction of sp³-hybridized carbons (Fsp3) is 0. The van der Waals surface area contributed by atoms with Crippen molar-refractivity contribution in [2.75, 3.05) is 0 Å². The summed E-state index contributed by atoms with van der Waals surface area (Å²) >= 11 is 2.98. The molecule has 0 spiro atoms. The molecule has 3 rings (SSSR count). The van der Waals surface area contributed by atoms with Crippen molar-refractivity contribution in [2.45, 2.75) is 0 Å². The fourth-order valence-corrected chi connectivity index (χ4v) is 3.17. The Hall–Kier alpha value is -1.85. The van der Waals surface area contributed by atoms with Gasteiger partial charge in [-0.1, -0.05) is 24.3 Å². The molecule has 1 saturated heterocycles. The molecule has 0 radical (unpaired) electrons. The number of para-hydroxylation sites is 1. The van der Waals surface area contributed by atoms with Gasteiger partial charge in [-0.15, -0.1) is 11.3 Å². The smallest absolute Gasteiger partial charge is 0.264 e. The average molecular weight is 286 g/mol. The number of carbonyl (C=O) groups is 1. The molecule has 2 aromatic rings. The number of hydrogen-bond donors (Lipinski definition) is 1. The van der Waals surface area contributed by atoms with Crippen LogP contribution in [0.25, 0.3) is 6.08 Å². The van der Waals surface area contributed by atoms with Crippen LogP contribution in [0, 0.1) is 0 Å². The third kappa shape index (κ3) is 2.94. The molecule has 5 heteroatoms. The minimum atomic E-state index is -0.0897. The lowest BCUT2D eigenvalue weighted by Crippen LogP contribution is -2.19. The average Bonchev–Trinajstić information content (AvgIpc) is 3.02. The molecule has 0 unspecified atom stereocenters. The molecule has 94 valence electrons. The number of hydrogen-bond acceptors (Lipinski definition) is 4. The van der Waals surface area contributed by atoms with E-state index in [4.69, 9.17) is 0 Å². The zero-order chi connectivity index (χ0) is 13.1. The predicted octanol–water partition coefficient (Wildman–Crippen LogP) is 3.64. The van der Waals surface area contributed by atoms with Crippen LogP contribution >= 0.6 is 23.1 Å². The lowest BCUT2D eigenvalue weighted by molar-refractivity contribution is -0.115. The van der Waals surface area contributed by atoms with Crippen LogP contribution in [0.4, 0.5) is 5.69 Å². The second kappa shape index (κ2) is 5.42. The van der Waals surface area contributed by atoms with Crippen LogP contribution in [0.1, 0.15) is 4.88 Å². The normalized spacial score (nSPS) is 19.1. The van der Waals surface area contributed by atoms with E-state index in [9.17, 15) is 4.79 Å². The second-order valence-corrected chi connectivity index (χ2v) is 5.84. The predicted molar refractivity (Wildman–Crippen MR) is 81.6 cm³/mol.